The quantitative estimate of drug-likeness (QED) is 0.144. The van der Waals surface area contributed by atoms with Crippen molar-refractivity contribution in [1.29, 1.82) is 0 Å². The van der Waals surface area contributed by atoms with E-state index >= 15 is 0 Å². The number of hydrogen-bond acceptors (Lipinski definition) is 6. The number of carbonyl (C=O) groups is 2. The smallest absolute Gasteiger partial charge is 0.343 e. The molecule has 0 aliphatic rings. The van der Waals surface area contributed by atoms with Crippen LogP contribution in [0.25, 0.3) is 11.1 Å². The average Bonchev–Trinajstić information content (AvgIpc) is 2.94. The minimum absolute atomic E-state index is 0.353. The van der Waals surface area contributed by atoms with Gasteiger partial charge in [-0.25, -0.2) is 10.2 Å². The zero-order chi connectivity index (χ0) is 26.0. The molecule has 4 aromatic carbocycles. The number of carbonyl (C=O) groups excluding carboxylic acids is 2. The molecular formula is C30H26N2O5. The Labute approximate surface area is 215 Å². The highest BCUT2D eigenvalue weighted by Gasteiger charge is 2.14. The lowest BCUT2D eigenvalue weighted by atomic mass is 10.1. The molecular weight excluding hydrogens is 468 g/mol. The Kier molecular flexibility index (Phi) is 8.29. The molecule has 1 N–H and O–H groups in total. The second-order valence-electron chi connectivity index (χ2n) is 8.08. The Morgan fingerprint density at radius 3 is 2.16 bits per heavy atom. The van der Waals surface area contributed by atoms with Crippen LogP contribution in [-0.2, 0) is 4.79 Å². The summed E-state index contributed by atoms with van der Waals surface area (Å²) in [5, 5.41) is 4.00. The highest BCUT2D eigenvalue weighted by Crippen LogP contribution is 2.22. The molecule has 186 valence electrons. The minimum Gasteiger partial charge on any atom is -0.497 e. The van der Waals surface area contributed by atoms with Crippen LogP contribution in [0.2, 0.25) is 0 Å². The number of benzene rings is 4. The molecule has 0 bridgehead atoms. The van der Waals surface area contributed by atoms with E-state index in [0.29, 0.717) is 28.4 Å². The van der Waals surface area contributed by atoms with E-state index in [1.54, 1.807) is 62.6 Å². The fourth-order valence-electron chi connectivity index (χ4n) is 3.43. The molecule has 0 spiro atoms. The van der Waals surface area contributed by atoms with Crippen molar-refractivity contribution in [2.24, 2.45) is 5.10 Å². The number of rotatable bonds is 9. The van der Waals surface area contributed by atoms with Gasteiger partial charge in [-0.1, -0.05) is 54.6 Å². The fraction of sp³-hybridized carbons (Fsp3) is 0.100. The third kappa shape index (κ3) is 7.05. The number of hydrogen-bond donors (Lipinski definition) is 1. The first kappa shape index (κ1) is 25.2. The maximum absolute atomic E-state index is 12.4. The van der Waals surface area contributed by atoms with Gasteiger partial charge in [0, 0.05) is 0 Å². The maximum atomic E-state index is 12.4. The fourth-order valence-corrected chi connectivity index (χ4v) is 3.43. The van der Waals surface area contributed by atoms with Gasteiger partial charge in [0.25, 0.3) is 5.91 Å². The lowest BCUT2D eigenvalue weighted by Gasteiger charge is -2.13. The summed E-state index contributed by atoms with van der Waals surface area (Å²) in [4.78, 5) is 24.8. The van der Waals surface area contributed by atoms with Crippen LogP contribution < -0.4 is 19.6 Å². The Bertz CT molecular complexity index is 1370. The molecule has 0 fully saturated rings. The number of nitrogens with zero attached hydrogens (tertiary/aromatic N) is 1. The first-order valence-corrected chi connectivity index (χ1v) is 11.6. The summed E-state index contributed by atoms with van der Waals surface area (Å²) in [5.41, 5.74) is 5.68. The maximum Gasteiger partial charge on any atom is 0.343 e. The van der Waals surface area contributed by atoms with Crippen molar-refractivity contribution in [2.45, 2.75) is 13.0 Å². The van der Waals surface area contributed by atoms with Crippen LogP contribution in [0.4, 0.5) is 0 Å². The molecule has 1 atom stereocenters. The molecule has 1 amide bonds. The Morgan fingerprint density at radius 2 is 1.46 bits per heavy atom. The van der Waals surface area contributed by atoms with E-state index in [2.05, 4.69) is 10.5 Å². The zero-order valence-corrected chi connectivity index (χ0v) is 20.5. The number of nitrogens with one attached hydrogen (secondary N) is 1. The van der Waals surface area contributed by atoms with Gasteiger partial charge in [0.2, 0.25) is 0 Å². The lowest BCUT2D eigenvalue weighted by Crippen LogP contribution is -2.33. The summed E-state index contributed by atoms with van der Waals surface area (Å²) in [5.74, 6) is 0.695. The molecule has 0 radical (unpaired) electrons. The molecule has 0 aliphatic heterocycles. The zero-order valence-electron chi connectivity index (χ0n) is 20.5. The van der Waals surface area contributed by atoms with Crippen LogP contribution in [0.15, 0.2) is 108 Å². The van der Waals surface area contributed by atoms with Gasteiger partial charge < -0.3 is 14.2 Å². The third-order valence-corrected chi connectivity index (χ3v) is 5.43. The molecule has 0 heterocycles. The summed E-state index contributed by atoms with van der Waals surface area (Å²) >= 11 is 0. The van der Waals surface area contributed by atoms with Gasteiger partial charge in [-0.05, 0) is 72.1 Å². The number of methoxy groups -OCH3 is 1. The summed E-state index contributed by atoms with van der Waals surface area (Å²) < 4.78 is 16.3. The topological polar surface area (TPSA) is 86.2 Å². The third-order valence-electron chi connectivity index (χ3n) is 5.43. The van der Waals surface area contributed by atoms with Crippen molar-refractivity contribution in [1.82, 2.24) is 5.43 Å². The summed E-state index contributed by atoms with van der Waals surface area (Å²) in [6.07, 6.45) is 0.709. The van der Waals surface area contributed by atoms with Crippen molar-refractivity contribution < 1.29 is 23.8 Å². The molecule has 0 unspecified atom stereocenters. The van der Waals surface area contributed by atoms with Gasteiger partial charge in [-0.3, -0.25) is 4.79 Å². The van der Waals surface area contributed by atoms with Crippen LogP contribution in [0.5, 0.6) is 17.2 Å². The first-order valence-electron chi connectivity index (χ1n) is 11.6. The number of esters is 1. The lowest BCUT2D eigenvalue weighted by molar-refractivity contribution is -0.127. The van der Waals surface area contributed by atoms with Gasteiger partial charge in [-0.2, -0.15) is 5.10 Å². The van der Waals surface area contributed by atoms with E-state index in [-0.39, 0.29) is 0 Å². The van der Waals surface area contributed by atoms with E-state index in [1.807, 2.05) is 54.6 Å². The van der Waals surface area contributed by atoms with Crippen LogP contribution in [0.1, 0.15) is 22.8 Å². The van der Waals surface area contributed by atoms with E-state index in [0.717, 1.165) is 11.1 Å². The van der Waals surface area contributed by atoms with Crippen molar-refractivity contribution in [2.75, 3.05) is 7.11 Å². The van der Waals surface area contributed by atoms with E-state index in [9.17, 15) is 9.59 Å². The molecule has 0 saturated heterocycles. The van der Waals surface area contributed by atoms with E-state index in [4.69, 9.17) is 14.2 Å². The number of amides is 1. The Hall–Kier alpha value is -4.91. The van der Waals surface area contributed by atoms with Crippen molar-refractivity contribution in [3.8, 4) is 28.4 Å². The van der Waals surface area contributed by atoms with Crippen LogP contribution >= 0.6 is 0 Å². The molecule has 7 nitrogen and oxygen atoms in total. The molecule has 4 rings (SSSR count). The standard InChI is InChI=1S/C30H26N2O5/c1-21(36-27-17-11-24(12-18-27)23-8-4-3-5-9-23)29(33)32-31-20-22-7-6-10-28(19-22)37-30(34)25-13-15-26(35-2)16-14-25/h3-21H,1-2H3,(H,32,33)/b31-20-/t21-/m1/s1. The minimum atomic E-state index is -0.753. The van der Waals surface area contributed by atoms with Gasteiger partial charge in [0.15, 0.2) is 6.10 Å². The summed E-state index contributed by atoms with van der Waals surface area (Å²) in [6, 6.07) is 31.0. The van der Waals surface area contributed by atoms with Crippen molar-refractivity contribution >= 4 is 18.1 Å². The van der Waals surface area contributed by atoms with Gasteiger partial charge in [0.05, 0.1) is 18.9 Å². The number of ether oxygens (including phenoxy) is 3. The highest BCUT2D eigenvalue weighted by molar-refractivity contribution is 5.91. The van der Waals surface area contributed by atoms with Crippen LogP contribution in [0, 0.1) is 0 Å². The second-order valence-corrected chi connectivity index (χ2v) is 8.08. The van der Waals surface area contributed by atoms with Crippen LogP contribution in [0.3, 0.4) is 0 Å². The van der Waals surface area contributed by atoms with Gasteiger partial charge in [0.1, 0.15) is 17.2 Å². The SMILES string of the molecule is COc1ccc(C(=O)Oc2cccc(/C=N\NC(=O)[C@@H](C)Oc3ccc(-c4ccccc4)cc3)c2)cc1. The molecule has 4 aromatic rings. The van der Waals surface area contributed by atoms with Gasteiger partial charge in [-0.15, -0.1) is 0 Å². The molecule has 37 heavy (non-hydrogen) atoms. The molecule has 7 heteroatoms. The average molecular weight is 495 g/mol. The molecule has 0 aromatic heterocycles. The van der Waals surface area contributed by atoms with Crippen molar-refractivity contribution in [3.05, 3.63) is 114 Å². The molecule has 0 saturated carbocycles. The van der Waals surface area contributed by atoms with Crippen LogP contribution in [-0.4, -0.2) is 31.3 Å². The van der Waals surface area contributed by atoms with E-state index in [1.165, 1.54) is 6.21 Å². The monoisotopic (exact) mass is 494 g/mol. The van der Waals surface area contributed by atoms with E-state index < -0.39 is 18.0 Å². The summed E-state index contributed by atoms with van der Waals surface area (Å²) in [6.45, 7) is 1.65. The predicted molar refractivity (Wildman–Crippen MR) is 142 cm³/mol. The highest BCUT2D eigenvalue weighted by atomic mass is 16.5. The Balaban J connectivity index is 1.29. The Morgan fingerprint density at radius 1 is 0.784 bits per heavy atom. The first-order chi connectivity index (χ1) is 18.0. The predicted octanol–water partition coefficient (Wildman–Crippen LogP) is 5.50. The molecule has 0 aliphatic carbocycles. The normalized spacial score (nSPS) is 11.5. The summed E-state index contributed by atoms with van der Waals surface area (Å²) in [7, 11) is 1.56. The second kappa shape index (κ2) is 12.2. The van der Waals surface area contributed by atoms with Crippen molar-refractivity contribution in [3.63, 3.8) is 0 Å². The number of hydrazone groups is 1. The largest absolute Gasteiger partial charge is 0.497 e. The van der Waals surface area contributed by atoms with Gasteiger partial charge >= 0.3 is 5.97 Å².